The summed E-state index contributed by atoms with van der Waals surface area (Å²) in [6.07, 6.45) is 9.99. The molecule has 4 rings (SSSR count). The van der Waals surface area contributed by atoms with Crippen molar-refractivity contribution in [3.63, 3.8) is 0 Å². The van der Waals surface area contributed by atoms with Crippen molar-refractivity contribution in [2.75, 3.05) is 6.54 Å². The maximum atomic E-state index is 12.3. The monoisotopic (exact) mass is 477 g/mol. The van der Waals surface area contributed by atoms with Crippen LogP contribution in [0.5, 0.6) is 0 Å². The number of hydrogen-bond donors (Lipinski definition) is 4. The van der Waals surface area contributed by atoms with E-state index >= 15 is 0 Å². The molecule has 4 saturated carbocycles. The van der Waals surface area contributed by atoms with Gasteiger partial charge in [0.1, 0.15) is 0 Å². The van der Waals surface area contributed by atoms with E-state index in [2.05, 4.69) is 26.1 Å². The quantitative estimate of drug-likeness (QED) is 0.388. The van der Waals surface area contributed by atoms with E-state index in [4.69, 9.17) is 5.11 Å². The molecule has 0 unspecified atom stereocenters. The molecule has 0 aliphatic heterocycles. The predicted octanol–water partition coefficient (Wildman–Crippen LogP) is 4.37. The molecule has 0 radical (unpaired) electrons. The van der Waals surface area contributed by atoms with E-state index < -0.39 is 5.97 Å². The molecule has 0 aromatic rings. The lowest BCUT2D eigenvalue weighted by Gasteiger charge is -2.62. The fourth-order valence-corrected chi connectivity index (χ4v) is 9.29. The highest BCUT2D eigenvalue weighted by Gasteiger charge is 2.62. The van der Waals surface area contributed by atoms with E-state index in [0.29, 0.717) is 54.9 Å². The van der Waals surface area contributed by atoms with Crippen molar-refractivity contribution in [2.45, 2.75) is 110 Å². The summed E-state index contributed by atoms with van der Waals surface area (Å²) in [7, 11) is 0. The third-order valence-electron chi connectivity index (χ3n) is 11.1. The van der Waals surface area contributed by atoms with Crippen molar-refractivity contribution in [3.05, 3.63) is 0 Å². The first-order chi connectivity index (χ1) is 16.1. The number of aliphatic hydroxyl groups excluding tert-OH is 2. The molecular weight excluding hydrogens is 430 g/mol. The molecule has 4 N–H and O–H groups in total. The van der Waals surface area contributed by atoms with E-state index in [1.807, 2.05) is 0 Å². The third kappa shape index (κ3) is 4.78. The van der Waals surface area contributed by atoms with Crippen LogP contribution in [0.15, 0.2) is 0 Å². The van der Waals surface area contributed by atoms with Crippen molar-refractivity contribution in [3.8, 4) is 0 Å². The van der Waals surface area contributed by atoms with Crippen LogP contribution in [0, 0.1) is 46.3 Å². The van der Waals surface area contributed by atoms with Crippen LogP contribution in [0.2, 0.25) is 0 Å². The average molecular weight is 478 g/mol. The smallest absolute Gasteiger partial charge is 0.303 e. The van der Waals surface area contributed by atoms with Crippen LogP contribution in [-0.2, 0) is 9.59 Å². The zero-order chi connectivity index (χ0) is 24.7. The second kappa shape index (κ2) is 10.1. The van der Waals surface area contributed by atoms with Gasteiger partial charge >= 0.3 is 5.97 Å². The maximum absolute atomic E-state index is 12.3. The maximum Gasteiger partial charge on any atom is 0.303 e. The Bertz CT molecular complexity index is 757. The zero-order valence-electron chi connectivity index (χ0n) is 21.5. The highest BCUT2D eigenvalue weighted by Crippen LogP contribution is 2.68. The summed E-state index contributed by atoms with van der Waals surface area (Å²) in [4.78, 5) is 22.9. The van der Waals surface area contributed by atoms with Crippen molar-refractivity contribution in [1.82, 2.24) is 5.32 Å². The number of carbonyl (C=O) groups excluding carboxylic acids is 1. The first-order valence-corrected chi connectivity index (χ1v) is 13.9. The van der Waals surface area contributed by atoms with Crippen LogP contribution in [0.4, 0.5) is 0 Å². The number of carboxylic acids is 1. The molecule has 0 aromatic heterocycles. The summed E-state index contributed by atoms with van der Waals surface area (Å²) < 4.78 is 0. The molecule has 6 nitrogen and oxygen atoms in total. The van der Waals surface area contributed by atoms with Crippen LogP contribution in [0.1, 0.15) is 97.8 Å². The first kappa shape index (κ1) is 25.9. The van der Waals surface area contributed by atoms with Gasteiger partial charge in [0.05, 0.1) is 12.2 Å². The van der Waals surface area contributed by atoms with Gasteiger partial charge in [-0.3, -0.25) is 9.59 Å². The molecule has 4 fully saturated rings. The molecule has 4 aliphatic carbocycles. The van der Waals surface area contributed by atoms with Gasteiger partial charge in [0.2, 0.25) is 5.91 Å². The topological polar surface area (TPSA) is 107 Å². The Balaban J connectivity index is 1.36. The lowest BCUT2D eigenvalue weighted by Crippen LogP contribution is -2.58. The van der Waals surface area contributed by atoms with Gasteiger partial charge in [-0.1, -0.05) is 20.8 Å². The fourth-order valence-electron chi connectivity index (χ4n) is 9.29. The largest absolute Gasteiger partial charge is 0.481 e. The second-order valence-corrected chi connectivity index (χ2v) is 12.8. The van der Waals surface area contributed by atoms with E-state index in [0.717, 1.165) is 32.1 Å². The van der Waals surface area contributed by atoms with E-state index in [1.165, 1.54) is 25.7 Å². The molecule has 0 saturated heterocycles. The molecule has 0 heterocycles. The van der Waals surface area contributed by atoms with Crippen LogP contribution < -0.4 is 5.32 Å². The van der Waals surface area contributed by atoms with Crippen molar-refractivity contribution >= 4 is 11.9 Å². The van der Waals surface area contributed by atoms with E-state index in [1.54, 1.807) is 0 Å². The van der Waals surface area contributed by atoms with Gasteiger partial charge in [-0.05, 0) is 111 Å². The Labute approximate surface area is 205 Å². The normalized spacial score (nSPS) is 44.4. The third-order valence-corrected chi connectivity index (χ3v) is 11.1. The van der Waals surface area contributed by atoms with Gasteiger partial charge in [-0.25, -0.2) is 0 Å². The van der Waals surface area contributed by atoms with Crippen LogP contribution in [0.3, 0.4) is 0 Å². The summed E-state index contributed by atoms with van der Waals surface area (Å²) in [5, 5.41) is 33.2. The second-order valence-electron chi connectivity index (χ2n) is 12.8. The van der Waals surface area contributed by atoms with Gasteiger partial charge in [-0.2, -0.15) is 0 Å². The van der Waals surface area contributed by atoms with Gasteiger partial charge in [0.15, 0.2) is 0 Å². The SMILES string of the molecule is C[C@@H](CCC(=O)NCCCC(=O)O)[C@@H]1CC[C@@H]2[C@H]3[C@H](O)C[C@H]4C[C@@H](O)CC[C@@]4(C)[C@@H]3CC[C@]21C. The minimum atomic E-state index is -0.824. The highest BCUT2D eigenvalue weighted by atomic mass is 16.4. The summed E-state index contributed by atoms with van der Waals surface area (Å²) in [5.74, 6) is 2.21. The molecule has 34 heavy (non-hydrogen) atoms. The number of aliphatic carboxylic acids is 1. The first-order valence-electron chi connectivity index (χ1n) is 13.9. The lowest BCUT2D eigenvalue weighted by atomic mass is 9.43. The molecule has 0 aromatic carbocycles. The number of aliphatic hydroxyl groups is 2. The lowest BCUT2D eigenvalue weighted by molar-refractivity contribution is -0.174. The Morgan fingerprint density at radius 2 is 1.68 bits per heavy atom. The molecule has 4 aliphatic rings. The fraction of sp³-hybridized carbons (Fsp3) is 0.929. The molecule has 1 amide bonds. The molecule has 6 heteroatoms. The van der Waals surface area contributed by atoms with Gasteiger partial charge in [0, 0.05) is 19.4 Å². The van der Waals surface area contributed by atoms with Gasteiger partial charge in [-0.15, -0.1) is 0 Å². The molecule has 194 valence electrons. The van der Waals surface area contributed by atoms with Crippen LogP contribution >= 0.6 is 0 Å². The number of carbonyl (C=O) groups is 2. The Morgan fingerprint density at radius 1 is 0.971 bits per heavy atom. The number of rotatable bonds is 8. The van der Waals surface area contributed by atoms with Crippen LogP contribution in [0.25, 0.3) is 0 Å². The molecule has 0 spiro atoms. The Kier molecular flexibility index (Phi) is 7.69. The van der Waals surface area contributed by atoms with Crippen molar-refractivity contribution < 1.29 is 24.9 Å². The van der Waals surface area contributed by atoms with E-state index in [9.17, 15) is 19.8 Å². The Morgan fingerprint density at radius 3 is 2.41 bits per heavy atom. The standard InChI is InChI=1S/C28H47NO5/c1-17(6-9-24(32)29-14-4-5-25(33)34)20-7-8-21-26-22(11-13-28(20,21)3)27(2)12-10-19(30)15-18(27)16-23(26)31/h17-23,26,30-31H,4-16H2,1-3H3,(H,29,32)(H,33,34)/t17-,18+,19-,20-,21+,22+,23+,26+,27+,28-/m0/s1. The number of amides is 1. The summed E-state index contributed by atoms with van der Waals surface area (Å²) in [5.41, 5.74) is 0.490. The minimum Gasteiger partial charge on any atom is -0.481 e. The number of hydrogen-bond acceptors (Lipinski definition) is 4. The molecular formula is C28H47NO5. The number of carboxylic acid groups (broad SMARTS) is 1. The number of nitrogens with one attached hydrogen (secondary N) is 1. The molecule has 10 atom stereocenters. The highest BCUT2D eigenvalue weighted by molar-refractivity contribution is 5.75. The predicted molar refractivity (Wildman–Crippen MR) is 131 cm³/mol. The van der Waals surface area contributed by atoms with E-state index in [-0.39, 0.29) is 35.4 Å². The van der Waals surface area contributed by atoms with Crippen molar-refractivity contribution in [2.24, 2.45) is 46.3 Å². The Hall–Kier alpha value is -1.14. The minimum absolute atomic E-state index is 0.0294. The summed E-state index contributed by atoms with van der Waals surface area (Å²) in [6.45, 7) is 7.67. The van der Waals surface area contributed by atoms with Gasteiger partial charge < -0.3 is 20.6 Å². The van der Waals surface area contributed by atoms with Gasteiger partial charge in [0.25, 0.3) is 0 Å². The summed E-state index contributed by atoms with van der Waals surface area (Å²) >= 11 is 0. The number of fused-ring (bicyclic) bond motifs is 5. The average Bonchev–Trinajstić information content (AvgIpc) is 3.13. The zero-order valence-corrected chi connectivity index (χ0v) is 21.5. The van der Waals surface area contributed by atoms with Crippen LogP contribution in [-0.4, -0.2) is 45.9 Å². The molecule has 0 bridgehead atoms. The van der Waals surface area contributed by atoms with Crippen molar-refractivity contribution in [1.29, 1.82) is 0 Å². The summed E-state index contributed by atoms with van der Waals surface area (Å²) in [6, 6.07) is 0.